The summed E-state index contributed by atoms with van der Waals surface area (Å²) in [6, 6.07) is 6.62. The number of anilines is 2. The van der Waals surface area contributed by atoms with Gasteiger partial charge >= 0.3 is 6.03 Å². The van der Waals surface area contributed by atoms with E-state index in [9.17, 15) is 14.4 Å². The molecular weight excluding hydrogens is 480 g/mol. The quantitative estimate of drug-likeness (QED) is 0.417. The number of urea groups is 1. The van der Waals surface area contributed by atoms with E-state index in [2.05, 4.69) is 31.0 Å². The van der Waals surface area contributed by atoms with Crippen LogP contribution < -0.4 is 15.1 Å². The van der Waals surface area contributed by atoms with Gasteiger partial charge in [0.2, 0.25) is 0 Å². The van der Waals surface area contributed by atoms with Crippen LogP contribution in [0.5, 0.6) is 0 Å². The van der Waals surface area contributed by atoms with Crippen LogP contribution in [0.1, 0.15) is 51.2 Å². The first kappa shape index (κ1) is 24.2. The van der Waals surface area contributed by atoms with E-state index in [0.29, 0.717) is 6.54 Å². The van der Waals surface area contributed by atoms with Gasteiger partial charge in [0.1, 0.15) is 11.4 Å². The molecular formula is C25H24Cl2FN3O3. The number of carbonyl (C=O) groups excluding carboxylic acids is 3. The molecule has 4 amide bonds. The second-order valence-electron chi connectivity index (χ2n) is 9.13. The van der Waals surface area contributed by atoms with Crippen molar-refractivity contribution < 1.29 is 18.8 Å². The summed E-state index contributed by atoms with van der Waals surface area (Å²) in [7, 11) is 0. The average molecular weight is 504 g/mol. The minimum Gasteiger partial charge on any atom is -0.366 e. The summed E-state index contributed by atoms with van der Waals surface area (Å²) in [5, 5.41) is 2.24. The Morgan fingerprint density at radius 3 is 2.56 bits per heavy atom. The number of benzene rings is 2. The Morgan fingerprint density at radius 2 is 1.88 bits per heavy atom. The molecule has 0 aromatic heterocycles. The smallest absolute Gasteiger partial charge is 0.336 e. The van der Waals surface area contributed by atoms with Crippen molar-refractivity contribution in [3.8, 4) is 0 Å². The maximum atomic E-state index is 15.3. The number of imide groups is 2. The normalized spacial score (nSPS) is 21.1. The number of fused-ring (bicyclic) bond motifs is 1. The Morgan fingerprint density at radius 1 is 1.18 bits per heavy atom. The van der Waals surface area contributed by atoms with Crippen LogP contribution in [0.25, 0.3) is 6.08 Å². The highest BCUT2D eigenvalue weighted by molar-refractivity contribution is 6.46. The molecule has 1 unspecified atom stereocenters. The van der Waals surface area contributed by atoms with Gasteiger partial charge in [-0.3, -0.25) is 14.9 Å². The average Bonchev–Trinajstić information content (AvgIpc) is 2.74. The van der Waals surface area contributed by atoms with Crippen LogP contribution in [0, 0.1) is 5.82 Å². The molecule has 1 atom stereocenters. The Bertz CT molecular complexity index is 1260. The zero-order valence-corrected chi connectivity index (χ0v) is 20.7. The van der Waals surface area contributed by atoms with Crippen LogP contribution in [0.15, 0.2) is 35.9 Å². The maximum absolute atomic E-state index is 15.3. The Labute approximate surface area is 207 Å². The molecule has 0 radical (unpaired) electrons. The van der Waals surface area contributed by atoms with Crippen LogP contribution in [-0.4, -0.2) is 29.9 Å². The lowest BCUT2D eigenvalue weighted by Crippen LogP contribution is -2.54. The molecule has 2 aromatic rings. The molecule has 2 heterocycles. The standard InChI is InChI=1S/C25H24Cl2FN3O3/c1-5-30-20-11-18(28)14(9-15(20)13(2)12-25(30,3)4)10-16-22(32)29-24(34)31(23(16)33)19-8-6-7-17(26)21(19)27/h6-11,13H,5,12H2,1-4H3,(H,29,32,34)/b16-10-. The summed E-state index contributed by atoms with van der Waals surface area (Å²) >= 11 is 12.2. The van der Waals surface area contributed by atoms with Crippen LogP contribution >= 0.6 is 23.2 Å². The number of hydrogen-bond acceptors (Lipinski definition) is 4. The highest BCUT2D eigenvalue weighted by atomic mass is 35.5. The molecule has 0 aliphatic carbocycles. The Hall–Kier alpha value is -2.90. The van der Waals surface area contributed by atoms with Gasteiger partial charge in [-0.15, -0.1) is 0 Å². The predicted octanol–water partition coefficient (Wildman–Crippen LogP) is 5.91. The number of amides is 4. The summed E-state index contributed by atoms with van der Waals surface area (Å²) in [6.07, 6.45) is 2.04. The van der Waals surface area contributed by atoms with Crippen LogP contribution in [-0.2, 0) is 9.59 Å². The Kier molecular flexibility index (Phi) is 6.21. The number of carbonyl (C=O) groups is 3. The largest absolute Gasteiger partial charge is 0.366 e. The first-order chi connectivity index (χ1) is 16.0. The third-order valence-corrected chi connectivity index (χ3v) is 7.20. The maximum Gasteiger partial charge on any atom is 0.336 e. The van der Waals surface area contributed by atoms with Crippen molar-refractivity contribution in [2.75, 3.05) is 16.3 Å². The number of hydrogen-bond donors (Lipinski definition) is 1. The van der Waals surface area contributed by atoms with Crippen LogP contribution in [0.3, 0.4) is 0 Å². The van der Waals surface area contributed by atoms with Crippen LogP contribution in [0.2, 0.25) is 10.0 Å². The fourth-order valence-corrected chi connectivity index (χ4v) is 5.31. The molecule has 178 valence electrons. The predicted molar refractivity (Wildman–Crippen MR) is 132 cm³/mol. The van der Waals surface area contributed by atoms with Gasteiger partial charge in [-0.25, -0.2) is 14.1 Å². The molecule has 1 fully saturated rings. The molecule has 2 aliphatic heterocycles. The lowest BCUT2D eigenvalue weighted by Gasteiger charge is -2.47. The van der Waals surface area contributed by atoms with Crippen LogP contribution in [0.4, 0.5) is 20.6 Å². The number of nitrogens with one attached hydrogen (secondary N) is 1. The summed E-state index contributed by atoms with van der Waals surface area (Å²) in [5.74, 6) is -2.26. The van der Waals surface area contributed by atoms with E-state index in [1.165, 1.54) is 30.3 Å². The third kappa shape index (κ3) is 3.97. The highest BCUT2D eigenvalue weighted by Gasteiger charge is 2.39. The van der Waals surface area contributed by atoms with Crippen molar-refractivity contribution in [2.24, 2.45) is 0 Å². The molecule has 1 saturated heterocycles. The topological polar surface area (TPSA) is 69.7 Å². The molecule has 2 aromatic carbocycles. The molecule has 2 aliphatic rings. The van der Waals surface area contributed by atoms with Crippen molar-refractivity contribution in [1.29, 1.82) is 0 Å². The first-order valence-corrected chi connectivity index (χ1v) is 11.7. The van der Waals surface area contributed by atoms with Gasteiger partial charge in [0, 0.05) is 23.3 Å². The van der Waals surface area contributed by atoms with Crippen molar-refractivity contribution in [3.05, 3.63) is 62.9 Å². The molecule has 1 N–H and O–H groups in total. The second kappa shape index (κ2) is 8.71. The summed E-state index contributed by atoms with van der Waals surface area (Å²) in [5.41, 5.74) is 1.33. The SMILES string of the molecule is CCN1c2cc(F)c(/C=C3/C(=O)NC(=O)N(c4cccc(Cl)c4Cl)C3=O)cc2C(C)CC1(C)C. The Balaban J connectivity index is 1.80. The van der Waals surface area contributed by atoms with Gasteiger partial charge < -0.3 is 4.90 Å². The van der Waals surface area contributed by atoms with Crippen molar-refractivity contribution >= 4 is 58.5 Å². The lowest BCUT2D eigenvalue weighted by atomic mass is 9.79. The fraction of sp³-hybridized carbons (Fsp3) is 0.320. The van der Waals surface area contributed by atoms with E-state index in [-0.39, 0.29) is 38.3 Å². The minimum atomic E-state index is -0.961. The van der Waals surface area contributed by atoms with Gasteiger partial charge in [0.25, 0.3) is 11.8 Å². The molecule has 0 saturated carbocycles. The molecule has 6 nitrogen and oxygen atoms in total. The minimum absolute atomic E-state index is 0.0163. The zero-order chi connectivity index (χ0) is 24.9. The lowest BCUT2D eigenvalue weighted by molar-refractivity contribution is -0.122. The van der Waals surface area contributed by atoms with Gasteiger partial charge in [-0.2, -0.15) is 0 Å². The molecule has 4 rings (SSSR count). The van der Waals surface area contributed by atoms with Crippen molar-refractivity contribution in [1.82, 2.24) is 5.32 Å². The van der Waals surface area contributed by atoms with Crippen molar-refractivity contribution in [2.45, 2.75) is 45.6 Å². The molecule has 34 heavy (non-hydrogen) atoms. The first-order valence-electron chi connectivity index (χ1n) is 10.9. The number of nitrogens with zero attached hydrogens (tertiary/aromatic N) is 2. The van der Waals surface area contributed by atoms with Gasteiger partial charge in [0.05, 0.1) is 15.7 Å². The van der Waals surface area contributed by atoms with Gasteiger partial charge in [0.15, 0.2) is 0 Å². The van der Waals surface area contributed by atoms with Gasteiger partial charge in [-0.05, 0) is 69.0 Å². The molecule has 0 spiro atoms. The fourth-order valence-electron chi connectivity index (χ4n) is 4.93. The molecule has 0 bridgehead atoms. The zero-order valence-electron chi connectivity index (χ0n) is 19.2. The number of rotatable bonds is 3. The number of barbiturate groups is 1. The van der Waals surface area contributed by atoms with E-state index in [1.54, 1.807) is 6.07 Å². The van der Waals surface area contributed by atoms with E-state index in [0.717, 1.165) is 22.6 Å². The monoisotopic (exact) mass is 503 g/mol. The number of halogens is 3. The van der Waals surface area contributed by atoms with E-state index >= 15 is 4.39 Å². The van der Waals surface area contributed by atoms with E-state index < -0.39 is 23.7 Å². The van der Waals surface area contributed by atoms with Gasteiger partial charge in [-0.1, -0.05) is 36.2 Å². The van der Waals surface area contributed by atoms with E-state index in [1.807, 2.05) is 6.92 Å². The summed E-state index contributed by atoms with van der Waals surface area (Å²) in [6.45, 7) is 9.06. The molecule has 9 heteroatoms. The highest BCUT2D eigenvalue weighted by Crippen LogP contribution is 2.44. The summed E-state index contributed by atoms with van der Waals surface area (Å²) in [4.78, 5) is 41.1. The second-order valence-corrected chi connectivity index (χ2v) is 9.91. The summed E-state index contributed by atoms with van der Waals surface area (Å²) < 4.78 is 15.3. The van der Waals surface area contributed by atoms with Crippen molar-refractivity contribution in [3.63, 3.8) is 0 Å². The van der Waals surface area contributed by atoms with E-state index in [4.69, 9.17) is 23.2 Å². The third-order valence-electron chi connectivity index (χ3n) is 6.39.